The zero-order valence-corrected chi connectivity index (χ0v) is 10.3. The van der Waals surface area contributed by atoms with Crippen LogP contribution >= 0.6 is 0 Å². The van der Waals surface area contributed by atoms with E-state index in [1.807, 2.05) is 0 Å². The van der Waals surface area contributed by atoms with Crippen molar-refractivity contribution in [1.29, 1.82) is 0 Å². The minimum atomic E-state index is 0.698. The fraction of sp³-hybridized carbons (Fsp3) is 0.375. The first kappa shape index (κ1) is 9.89. The maximum absolute atomic E-state index is 2.41. The Hall–Kier alpha value is -1.30. The molecule has 2 aliphatic carbocycles. The summed E-state index contributed by atoms with van der Waals surface area (Å²) in [5.41, 5.74) is 9.14. The third-order valence-electron chi connectivity index (χ3n) is 3.82. The number of rotatable bonds is 0. The van der Waals surface area contributed by atoms with Gasteiger partial charge in [-0.05, 0) is 54.9 Å². The van der Waals surface area contributed by atoms with Crippen LogP contribution in [0.1, 0.15) is 37.0 Å². The summed E-state index contributed by atoms with van der Waals surface area (Å²) >= 11 is 0. The first-order chi connectivity index (χ1) is 7.65. The van der Waals surface area contributed by atoms with E-state index in [1.54, 1.807) is 11.1 Å². The summed E-state index contributed by atoms with van der Waals surface area (Å²) in [6, 6.07) is 6.91. The molecule has 1 aromatic rings. The number of hydrogen-bond donors (Lipinski definition) is 0. The van der Waals surface area contributed by atoms with Gasteiger partial charge in [-0.3, -0.25) is 0 Å². The van der Waals surface area contributed by atoms with Gasteiger partial charge in [-0.15, -0.1) is 0 Å². The molecule has 0 aromatic heterocycles. The van der Waals surface area contributed by atoms with E-state index in [1.165, 1.54) is 28.7 Å². The van der Waals surface area contributed by atoms with Crippen molar-refractivity contribution in [3.05, 3.63) is 52.1 Å². The highest BCUT2D eigenvalue weighted by Crippen LogP contribution is 2.43. The van der Waals surface area contributed by atoms with Crippen LogP contribution in [0.5, 0.6) is 0 Å². The highest BCUT2D eigenvalue weighted by Gasteiger charge is 2.27. The molecule has 82 valence electrons. The molecule has 3 rings (SSSR count). The van der Waals surface area contributed by atoms with E-state index in [4.69, 9.17) is 0 Å². The van der Waals surface area contributed by atoms with Gasteiger partial charge in [-0.1, -0.05) is 42.3 Å². The topological polar surface area (TPSA) is 0 Å². The molecule has 0 aliphatic heterocycles. The quantitative estimate of drug-likeness (QED) is 0.599. The van der Waals surface area contributed by atoms with Crippen LogP contribution in [0.2, 0.25) is 0 Å². The molecule has 1 unspecified atom stereocenters. The third kappa shape index (κ3) is 1.36. The molecule has 1 atom stereocenters. The van der Waals surface area contributed by atoms with Crippen molar-refractivity contribution < 1.29 is 0 Å². The molecular weight excluding hydrogens is 192 g/mol. The van der Waals surface area contributed by atoms with Crippen molar-refractivity contribution >= 4 is 5.57 Å². The molecule has 0 amide bonds. The van der Waals surface area contributed by atoms with Crippen molar-refractivity contribution in [2.24, 2.45) is 5.92 Å². The van der Waals surface area contributed by atoms with Crippen LogP contribution in [0.15, 0.2) is 35.4 Å². The van der Waals surface area contributed by atoms with E-state index >= 15 is 0 Å². The number of aryl methyl sites for hydroxylation is 1. The standard InChI is InChI=1S/C16H18/c1-10-4-5-15-13(7-10)9-14-8-11(2)6-12(3)16(14)15/h4-5,7-8,12H,6,9H2,1-3H3. The van der Waals surface area contributed by atoms with E-state index in [0.29, 0.717) is 5.92 Å². The van der Waals surface area contributed by atoms with Gasteiger partial charge in [0.15, 0.2) is 0 Å². The first-order valence-electron chi connectivity index (χ1n) is 6.15. The number of allylic oxidation sites excluding steroid dienone is 4. The Labute approximate surface area is 97.7 Å². The number of hydrogen-bond acceptors (Lipinski definition) is 0. The summed E-state index contributed by atoms with van der Waals surface area (Å²) in [6.07, 6.45) is 4.78. The summed E-state index contributed by atoms with van der Waals surface area (Å²) in [4.78, 5) is 0. The highest BCUT2D eigenvalue weighted by molar-refractivity contribution is 5.81. The Morgan fingerprint density at radius 2 is 2.00 bits per heavy atom. The maximum atomic E-state index is 2.41. The Kier molecular flexibility index (Phi) is 2.07. The normalized spacial score (nSPS) is 22.9. The van der Waals surface area contributed by atoms with Crippen molar-refractivity contribution in [2.75, 3.05) is 0 Å². The molecule has 0 bridgehead atoms. The molecule has 0 saturated heterocycles. The average Bonchev–Trinajstić information content (AvgIpc) is 2.54. The molecule has 0 N–H and O–H groups in total. The van der Waals surface area contributed by atoms with Crippen LogP contribution < -0.4 is 0 Å². The molecule has 0 heterocycles. The number of benzene rings is 1. The van der Waals surface area contributed by atoms with Crippen molar-refractivity contribution in [3.63, 3.8) is 0 Å². The zero-order valence-electron chi connectivity index (χ0n) is 10.3. The van der Waals surface area contributed by atoms with Crippen LogP contribution in [0.4, 0.5) is 0 Å². The minimum Gasteiger partial charge on any atom is -0.0724 e. The molecule has 0 radical (unpaired) electrons. The molecule has 0 saturated carbocycles. The van der Waals surface area contributed by atoms with Crippen LogP contribution in [-0.4, -0.2) is 0 Å². The summed E-state index contributed by atoms with van der Waals surface area (Å²) in [7, 11) is 0. The highest BCUT2D eigenvalue weighted by atomic mass is 14.3. The Balaban J connectivity index is 2.15. The largest absolute Gasteiger partial charge is 0.0724 e. The molecule has 0 spiro atoms. The van der Waals surface area contributed by atoms with Crippen molar-refractivity contribution in [1.82, 2.24) is 0 Å². The van der Waals surface area contributed by atoms with Crippen LogP contribution in [0, 0.1) is 12.8 Å². The fourth-order valence-electron chi connectivity index (χ4n) is 3.26. The lowest BCUT2D eigenvalue weighted by Crippen LogP contribution is -2.04. The second kappa shape index (κ2) is 3.35. The zero-order chi connectivity index (χ0) is 11.3. The van der Waals surface area contributed by atoms with Crippen molar-refractivity contribution in [2.45, 2.75) is 33.6 Å². The van der Waals surface area contributed by atoms with Crippen LogP contribution in [0.25, 0.3) is 5.57 Å². The van der Waals surface area contributed by atoms with Crippen LogP contribution in [-0.2, 0) is 6.42 Å². The maximum Gasteiger partial charge on any atom is -0.00166 e. The Morgan fingerprint density at radius 3 is 2.81 bits per heavy atom. The van der Waals surface area contributed by atoms with Gasteiger partial charge < -0.3 is 0 Å². The summed E-state index contributed by atoms with van der Waals surface area (Å²) in [5.74, 6) is 0.698. The molecular formula is C16H18. The van der Waals surface area contributed by atoms with E-state index in [0.717, 1.165) is 6.42 Å². The third-order valence-corrected chi connectivity index (χ3v) is 3.82. The second-order valence-corrected chi connectivity index (χ2v) is 5.37. The van der Waals surface area contributed by atoms with Gasteiger partial charge in [0.1, 0.15) is 0 Å². The summed E-state index contributed by atoms with van der Waals surface area (Å²) < 4.78 is 0. The van der Waals surface area contributed by atoms with E-state index in [2.05, 4.69) is 45.0 Å². The van der Waals surface area contributed by atoms with Gasteiger partial charge in [0, 0.05) is 0 Å². The predicted molar refractivity (Wildman–Crippen MR) is 69.3 cm³/mol. The monoisotopic (exact) mass is 210 g/mol. The summed E-state index contributed by atoms with van der Waals surface area (Å²) in [6.45, 7) is 6.80. The SMILES string of the molecule is CC1=CC2=C(c3ccc(C)cc3C2)C(C)C1. The first-order valence-corrected chi connectivity index (χ1v) is 6.15. The second-order valence-electron chi connectivity index (χ2n) is 5.37. The van der Waals surface area contributed by atoms with Gasteiger partial charge >= 0.3 is 0 Å². The van der Waals surface area contributed by atoms with Crippen molar-refractivity contribution in [3.8, 4) is 0 Å². The fourth-order valence-corrected chi connectivity index (χ4v) is 3.26. The van der Waals surface area contributed by atoms with Crippen LogP contribution in [0.3, 0.4) is 0 Å². The minimum absolute atomic E-state index is 0.698. The lowest BCUT2D eigenvalue weighted by molar-refractivity contribution is 0.724. The number of fused-ring (bicyclic) bond motifs is 2. The molecule has 0 heteroatoms. The summed E-state index contributed by atoms with van der Waals surface area (Å²) in [5, 5.41) is 0. The molecule has 0 fully saturated rings. The molecule has 2 aliphatic rings. The van der Waals surface area contributed by atoms with Gasteiger partial charge in [0.25, 0.3) is 0 Å². The predicted octanol–water partition coefficient (Wildman–Crippen LogP) is 4.29. The van der Waals surface area contributed by atoms with Gasteiger partial charge in [-0.25, -0.2) is 0 Å². The smallest absolute Gasteiger partial charge is 0.00166 e. The van der Waals surface area contributed by atoms with Gasteiger partial charge in [0.05, 0.1) is 0 Å². The van der Waals surface area contributed by atoms with Gasteiger partial charge in [0.2, 0.25) is 0 Å². The molecule has 1 aromatic carbocycles. The molecule has 16 heavy (non-hydrogen) atoms. The lowest BCUT2D eigenvalue weighted by Gasteiger charge is -2.21. The molecule has 0 nitrogen and oxygen atoms in total. The van der Waals surface area contributed by atoms with E-state index in [9.17, 15) is 0 Å². The van der Waals surface area contributed by atoms with E-state index < -0.39 is 0 Å². The Bertz CT molecular complexity index is 515. The van der Waals surface area contributed by atoms with Gasteiger partial charge in [-0.2, -0.15) is 0 Å². The Morgan fingerprint density at radius 1 is 1.19 bits per heavy atom. The van der Waals surface area contributed by atoms with E-state index in [-0.39, 0.29) is 0 Å². The lowest BCUT2D eigenvalue weighted by atomic mass is 9.84. The average molecular weight is 210 g/mol.